The number of halogens is 1. The van der Waals surface area contributed by atoms with Crippen LogP contribution in [0.5, 0.6) is 0 Å². The molecule has 0 radical (unpaired) electrons. The Kier molecular flexibility index (Phi) is 4.67. The van der Waals surface area contributed by atoms with Crippen LogP contribution in [-0.2, 0) is 11.2 Å². The fourth-order valence-corrected chi connectivity index (χ4v) is 4.29. The molecule has 0 N–H and O–H groups in total. The van der Waals surface area contributed by atoms with Crippen LogP contribution >= 0.6 is 11.3 Å². The summed E-state index contributed by atoms with van der Waals surface area (Å²) in [6.07, 6.45) is 4.33. The Bertz CT molecular complexity index is 930. The van der Waals surface area contributed by atoms with Crippen LogP contribution in [0.2, 0.25) is 0 Å². The zero-order valence-corrected chi connectivity index (χ0v) is 15.0. The molecule has 3 aromatic rings. The molecule has 0 saturated carbocycles. The molecule has 0 bridgehead atoms. The van der Waals surface area contributed by atoms with E-state index in [0.29, 0.717) is 6.54 Å². The van der Waals surface area contributed by atoms with Crippen molar-refractivity contribution in [2.24, 2.45) is 0 Å². The summed E-state index contributed by atoms with van der Waals surface area (Å²) in [5, 5.41) is 2.06. The largest absolute Gasteiger partial charge is 0.328 e. The predicted molar refractivity (Wildman–Crippen MR) is 103 cm³/mol. The average Bonchev–Trinajstić information content (AvgIpc) is 3.16. The quantitative estimate of drug-likeness (QED) is 0.595. The number of nitrogens with zero attached hydrogens (tertiary/aromatic N) is 1. The Labute approximate surface area is 156 Å². The van der Waals surface area contributed by atoms with Crippen LogP contribution in [0.3, 0.4) is 0 Å². The zero-order chi connectivity index (χ0) is 17.9. The summed E-state index contributed by atoms with van der Waals surface area (Å²) in [5.74, 6) is -0.294. The molecular formula is C22H18FNOS. The van der Waals surface area contributed by atoms with Gasteiger partial charge in [0.05, 0.1) is 6.04 Å². The number of carbonyl (C=O) groups is 1. The van der Waals surface area contributed by atoms with Gasteiger partial charge < -0.3 is 4.90 Å². The smallest absolute Gasteiger partial charge is 0.247 e. The zero-order valence-electron chi connectivity index (χ0n) is 14.1. The number of thiophene rings is 1. The summed E-state index contributed by atoms with van der Waals surface area (Å²) in [4.78, 5) is 16.1. The second-order valence-electron chi connectivity index (χ2n) is 6.28. The maximum absolute atomic E-state index is 13.4. The molecule has 2 nitrogen and oxygen atoms in total. The highest BCUT2D eigenvalue weighted by Crippen LogP contribution is 2.37. The van der Waals surface area contributed by atoms with E-state index in [9.17, 15) is 9.18 Å². The van der Waals surface area contributed by atoms with Gasteiger partial charge in [0.15, 0.2) is 0 Å². The van der Waals surface area contributed by atoms with Crippen molar-refractivity contribution in [3.63, 3.8) is 0 Å². The monoisotopic (exact) mass is 363 g/mol. The molecule has 4 heteroatoms. The molecule has 0 aliphatic carbocycles. The topological polar surface area (TPSA) is 20.3 Å². The van der Waals surface area contributed by atoms with Crippen molar-refractivity contribution < 1.29 is 9.18 Å². The van der Waals surface area contributed by atoms with Crippen molar-refractivity contribution >= 4 is 23.3 Å². The molecule has 1 aliphatic heterocycles. The summed E-state index contributed by atoms with van der Waals surface area (Å²) in [6, 6.07) is 18.1. The van der Waals surface area contributed by atoms with Crippen molar-refractivity contribution in [3.05, 3.63) is 99.5 Å². The van der Waals surface area contributed by atoms with Crippen molar-refractivity contribution in [1.29, 1.82) is 0 Å². The summed E-state index contributed by atoms with van der Waals surface area (Å²) < 4.78 is 13.4. The molecule has 26 heavy (non-hydrogen) atoms. The Morgan fingerprint density at radius 3 is 2.62 bits per heavy atom. The van der Waals surface area contributed by atoms with Gasteiger partial charge in [-0.15, -0.1) is 11.3 Å². The van der Waals surface area contributed by atoms with E-state index in [1.165, 1.54) is 17.0 Å². The van der Waals surface area contributed by atoms with E-state index in [-0.39, 0.29) is 17.8 Å². The molecule has 1 amide bonds. The summed E-state index contributed by atoms with van der Waals surface area (Å²) in [6.45, 7) is 0.660. The molecular weight excluding hydrogens is 345 g/mol. The number of fused-ring (bicyclic) bond motifs is 1. The number of hydrogen-bond donors (Lipinski definition) is 0. The van der Waals surface area contributed by atoms with Crippen LogP contribution in [0, 0.1) is 5.82 Å². The van der Waals surface area contributed by atoms with Gasteiger partial charge in [-0.05, 0) is 52.8 Å². The van der Waals surface area contributed by atoms with Crippen LogP contribution in [-0.4, -0.2) is 17.4 Å². The lowest BCUT2D eigenvalue weighted by Crippen LogP contribution is -2.39. The minimum Gasteiger partial charge on any atom is -0.328 e. The van der Waals surface area contributed by atoms with Gasteiger partial charge >= 0.3 is 0 Å². The fraction of sp³-hybridized carbons (Fsp3) is 0.136. The lowest BCUT2D eigenvalue weighted by atomic mass is 9.93. The molecule has 0 unspecified atom stereocenters. The third kappa shape index (κ3) is 3.33. The Morgan fingerprint density at radius 2 is 1.85 bits per heavy atom. The molecule has 4 rings (SSSR count). The molecule has 1 atom stereocenters. The molecule has 0 saturated heterocycles. The standard InChI is InChI=1S/C22H18FNOS/c23-18-9-7-17(8-10-18)22-19-13-15-26-20(19)12-14-24(22)21(25)11-6-16-4-2-1-3-5-16/h1-11,13,15,22H,12,14H2/b11-6+/t22-/m1/s1. The van der Waals surface area contributed by atoms with E-state index in [1.807, 2.05) is 41.3 Å². The molecule has 130 valence electrons. The van der Waals surface area contributed by atoms with Gasteiger partial charge in [0.1, 0.15) is 5.82 Å². The van der Waals surface area contributed by atoms with E-state index in [4.69, 9.17) is 0 Å². The maximum Gasteiger partial charge on any atom is 0.247 e. The lowest BCUT2D eigenvalue weighted by Gasteiger charge is -2.35. The Morgan fingerprint density at radius 1 is 1.08 bits per heavy atom. The van der Waals surface area contributed by atoms with Crippen molar-refractivity contribution in [3.8, 4) is 0 Å². The normalized spacial score (nSPS) is 16.7. The third-order valence-corrected chi connectivity index (χ3v) is 5.65. The van der Waals surface area contributed by atoms with Gasteiger partial charge in [-0.3, -0.25) is 4.79 Å². The average molecular weight is 363 g/mol. The van der Waals surface area contributed by atoms with Gasteiger partial charge in [-0.25, -0.2) is 4.39 Å². The van der Waals surface area contributed by atoms with Crippen LogP contribution in [0.15, 0.2) is 72.1 Å². The Hall–Kier alpha value is -2.72. The minimum atomic E-state index is -0.267. The first-order chi connectivity index (χ1) is 12.7. The summed E-state index contributed by atoms with van der Waals surface area (Å²) in [7, 11) is 0. The minimum absolute atomic E-state index is 0.0278. The third-order valence-electron chi connectivity index (χ3n) is 4.65. The van der Waals surface area contributed by atoms with Crippen LogP contribution in [0.25, 0.3) is 6.08 Å². The summed E-state index contributed by atoms with van der Waals surface area (Å²) in [5.41, 5.74) is 3.08. The van der Waals surface area contributed by atoms with E-state index < -0.39 is 0 Å². The van der Waals surface area contributed by atoms with E-state index >= 15 is 0 Å². The van der Waals surface area contributed by atoms with Gasteiger partial charge in [-0.2, -0.15) is 0 Å². The van der Waals surface area contributed by atoms with E-state index in [0.717, 1.165) is 23.1 Å². The van der Waals surface area contributed by atoms with Crippen LogP contribution in [0.4, 0.5) is 4.39 Å². The maximum atomic E-state index is 13.4. The molecule has 0 fully saturated rings. The highest BCUT2D eigenvalue weighted by molar-refractivity contribution is 7.10. The number of rotatable bonds is 3. The summed E-state index contributed by atoms with van der Waals surface area (Å²) >= 11 is 1.72. The molecule has 1 aliphatic rings. The second kappa shape index (κ2) is 7.26. The fourth-order valence-electron chi connectivity index (χ4n) is 3.39. The van der Waals surface area contributed by atoms with Crippen LogP contribution < -0.4 is 0 Å². The highest BCUT2D eigenvalue weighted by Gasteiger charge is 2.31. The van der Waals surface area contributed by atoms with Crippen molar-refractivity contribution in [2.45, 2.75) is 12.5 Å². The van der Waals surface area contributed by atoms with E-state index in [1.54, 1.807) is 29.5 Å². The van der Waals surface area contributed by atoms with Crippen molar-refractivity contribution in [1.82, 2.24) is 4.90 Å². The SMILES string of the molecule is O=C(/C=C/c1ccccc1)N1CCc2sccc2[C@H]1c1ccc(F)cc1. The molecule has 0 spiro atoms. The van der Waals surface area contributed by atoms with Crippen LogP contribution in [0.1, 0.15) is 27.6 Å². The molecule has 1 aromatic heterocycles. The molecule has 2 aromatic carbocycles. The van der Waals surface area contributed by atoms with E-state index in [2.05, 4.69) is 11.4 Å². The Balaban J connectivity index is 1.66. The first-order valence-electron chi connectivity index (χ1n) is 8.58. The first-order valence-corrected chi connectivity index (χ1v) is 9.46. The number of hydrogen-bond acceptors (Lipinski definition) is 2. The van der Waals surface area contributed by atoms with Gasteiger partial charge in [-0.1, -0.05) is 42.5 Å². The number of amides is 1. The number of carbonyl (C=O) groups excluding carboxylic acids is 1. The predicted octanol–water partition coefficient (Wildman–Crippen LogP) is 5.07. The molecule has 2 heterocycles. The van der Waals surface area contributed by atoms with Crippen molar-refractivity contribution in [2.75, 3.05) is 6.54 Å². The van der Waals surface area contributed by atoms with Gasteiger partial charge in [0, 0.05) is 17.5 Å². The number of benzene rings is 2. The highest BCUT2D eigenvalue weighted by atomic mass is 32.1. The second-order valence-corrected chi connectivity index (χ2v) is 7.28. The lowest BCUT2D eigenvalue weighted by molar-refractivity contribution is -0.127. The first kappa shape index (κ1) is 16.7. The van der Waals surface area contributed by atoms with Gasteiger partial charge in [0.2, 0.25) is 5.91 Å². The van der Waals surface area contributed by atoms with Gasteiger partial charge in [0.25, 0.3) is 0 Å².